The molecule has 0 amide bonds. The zero-order valence-corrected chi connectivity index (χ0v) is 7.60. The minimum Gasteiger partial charge on any atom is -0.238 e. The van der Waals surface area contributed by atoms with Gasteiger partial charge in [0.2, 0.25) is 5.82 Å². The largest absolute Gasteiger partial charge is 0.453 e. The number of rotatable bonds is 2. The van der Waals surface area contributed by atoms with Crippen LogP contribution in [0.15, 0.2) is 12.7 Å². The molecule has 0 unspecified atom stereocenters. The van der Waals surface area contributed by atoms with Gasteiger partial charge in [0, 0.05) is 0 Å². The molecule has 0 N–H and O–H groups in total. The smallest absolute Gasteiger partial charge is 0.238 e. The predicted octanol–water partition coefficient (Wildman–Crippen LogP) is 2.50. The van der Waals surface area contributed by atoms with Crippen molar-refractivity contribution in [1.82, 2.24) is 14.8 Å². The number of hydrogen-bond donors (Lipinski definition) is 0. The van der Waals surface area contributed by atoms with E-state index in [1.807, 2.05) is 0 Å². The summed E-state index contributed by atoms with van der Waals surface area (Å²) in [5.41, 5.74) is 0. The van der Waals surface area contributed by atoms with Crippen molar-refractivity contribution in [3.63, 3.8) is 0 Å². The standard InChI is InChI=1S/C7H5F6N3/c1-2-3-16-5(7(11,12)13)14-4(15-16)6(8,9)10/h2H,1,3H2. The highest BCUT2D eigenvalue weighted by atomic mass is 19.4. The first-order valence-electron chi connectivity index (χ1n) is 3.86. The van der Waals surface area contributed by atoms with Gasteiger partial charge in [-0.25, -0.2) is 4.68 Å². The van der Waals surface area contributed by atoms with Crippen LogP contribution in [0.1, 0.15) is 11.6 Å². The van der Waals surface area contributed by atoms with Crippen molar-refractivity contribution >= 4 is 0 Å². The fourth-order valence-corrected chi connectivity index (χ4v) is 0.921. The van der Waals surface area contributed by atoms with Crippen LogP contribution in [0, 0.1) is 0 Å². The molecule has 0 aliphatic rings. The second-order valence-corrected chi connectivity index (χ2v) is 2.73. The van der Waals surface area contributed by atoms with Gasteiger partial charge in [-0.3, -0.25) is 0 Å². The Morgan fingerprint density at radius 2 is 1.69 bits per heavy atom. The first-order chi connectivity index (χ1) is 7.16. The van der Waals surface area contributed by atoms with Gasteiger partial charge in [-0.1, -0.05) is 6.08 Å². The van der Waals surface area contributed by atoms with Crippen LogP contribution in [0.2, 0.25) is 0 Å². The van der Waals surface area contributed by atoms with Gasteiger partial charge in [0.05, 0.1) is 6.54 Å². The van der Waals surface area contributed by atoms with E-state index in [4.69, 9.17) is 0 Å². The SMILES string of the molecule is C=CCn1nc(C(F)(F)F)nc1C(F)(F)F. The summed E-state index contributed by atoms with van der Waals surface area (Å²) in [6.07, 6.45) is -9.00. The fraction of sp³-hybridized carbons (Fsp3) is 0.429. The van der Waals surface area contributed by atoms with Gasteiger partial charge in [-0.2, -0.15) is 31.3 Å². The van der Waals surface area contributed by atoms with Crippen molar-refractivity contribution in [1.29, 1.82) is 0 Å². The van der Waals surface area contributed by atoms with Crippen LogP contribution < -0.4 is 0 Å². The van der Waals surface area contributed by atoms with Crippen LogP contribution >= 0.6 is 0 Å². The Kier molecular flexibility index (Phi) is 2.97. The summed E-state index contributed by atoms with van der Waals surface area (Å²) in [5.74, 6) is -3.51. The maximum absolute atomic E-state index is 12.2. The number of aromatic nitrogens is 3. The van der Waals surface area contributed by atoms with E-state index in [0.29, 0.717) is 0 Å². The molecule has 90 valence electrons. The van der Waals surface area contributed by atoms with Crippen LogP contribution in [0.5, 0.6) is 0 Å². The third kappa shape index (κ3) is 2.52. The lowest BCUT2D eigenvalue weighted by atomic mass is 10.5. The Balaban J connectivity index is 3.26. The third-order valence-corrected chi connectivity index (χ3v) is 1.48. The molecule has 1 heterocycles. The van der Waals surface area contributed by atoms with E-state index in [2.05, 4.69) is 16.7 Å². The third-order valence-electron chi connectivity index (χ3n) is 1.48. The lowest BCUT2D eigenvalue weighted by molar-refractivity contribution is -0.150. The van der Waals surface area contributed by atoms with E-state index in [1.54, 1.807) is 0 Å². The summed E-state index contributed by atoms with van der Waals surface area (Å²) in [7, 11) is 0. The molecule has 3 nitrogen and oxygen atoms in total. The van der Waals surface area contributed by atoms with Crippen molar-refractivity contribution in [2.75, 3.05) is 0 Å². The Hall–Kier alpha value is -1.54. The minimum absolute atomic E-state index is 0.107. The molecule has 0 aliphatic heterocycles. The maximum atomic E-state index is 12.2. The quantitative estimate of drug-likeness (QED) is 0.592. The second kappa shape index (κ2) is 3.80. The minimum atomic E-state index is -5.01. The molecular weight excluding hydrogens is 240 g/mol. The molecule has 0 aromatic carbocycles. The van der Waals surface area contributed by atoms with Crippen LogP contribution in [-0.4, -0.2) is 14.8 Å². The second-order valence-electron chi connectivity index (χ2n) is 2.73. The lowest BCUT2D eigenvalue weighted by Gasteiger charge is -2.05. The Labute approximate surface area is 85.4 Å². The summed E-state index contributed by atoms with van der Waals surface area (Å²) in [4.78, 5) is 2.43. The molecule has 0 saturated carbocycles. The average Bonchev–Trinajstić information content (AvgIpc) is 2.46. The molecule has 0 bridgehead atoms. The van der Waals surface area contributed by atoms with Gasteiger partial charge < -0.3 is 0 Å². The van der Waals surface area contributed by atoms with Crippen LogP contribution in [-0.2, 0) is 18.9 Å². The monoisotopic (exact) mass is 245 g/mol. The molecule has 9 heteroatoms. The van der Waals surface area contributed by atoms with Crippen molar-refractivity contribution in [2.45, 2.75) is 18.9 Å². The highest BCUT2D eigenvalue weighted by Crippen LogP contribution is 2.32. The zero-order valence-electron chi connectivity index (χ0n) is 7.60. The van der Waals surface area contributed by atoms with Crippen molar-refractivity contribution in [3.05, 3.63) is 24.3 Å². The van der Waals surface area contributed by atoms with Crippen LogP contribution in [0.3, 0.4) is 0 Å². The highest BCUT2D eigenvalue weighted by Gasteiger charge is 2.43. The lowest BCUT2D eigenvalue weighted by Crippen LogP contribution is -2.15. The average molecular weight is 245 g/mol. The molecule has 0 atom stereocenters. The number of nitrogens with zero attached hydrogens (tertiary/aromatic N) is 3. The molecule has 0 aliphatic carbocycles. The summed E-state index contributed by atoms with van der Waals surface area (Å²) in [5, 5.41) is 2.73. The molecule has 0 spiro atoms. The van der Waals surface area contributed by atoms with Gasteiger partial charge >= 0.3 is 12.4 Å². The van der Waals surface area contributed by atoms with Gasteiger partial charge in [0.1, 0.15) is 0 Å². The van der Waals surface area contributed by atoms with Crippen molar-refractivity contribution in [3.8, 4) is 0 Å². The zero-order chi connectivity index (χ0) is 12.6. The maximum Gasteiger partial charge on any atom is 0.453 e. The van der Waals surface area contributed by atoms with Crippen LogP contribution in [0.4, 0.5) is 26.3 Å². The molecular formula is C7H5F6N3. The van der Waals surface area contributed by atoms with E-state index in [0.717, 1.165) is 6.08 Å². The molecule has 0 radical (unpaired) electrons. The summed E-state index contributed by atoms with van der Waals surface area (Å²) >= 11 is 0. The van der Waals surface area contributed by atoms with Gasteiger partial charge in [0.25, 0.3) is 5.82 Å². The Bertz CT molecular complexity index is 388. The number of halogens is 6. The highest BCUT2D eigenvalue weighted by molar-refractivity contribution is 5.01. The van der Waals surface area contributed by atoms with Gasteiger partial charge in [0.15, 0.2) is 0 Å². The first-order valence-corrected chi connectivity index (χ1v) is 3.86. The number of hydrogen-bond acceptors (Lipinski definition) is 2. The summed E-state index contributed by atoms with van der Waals surface area (Å²) in [6.45, 7) is 2.61. The predicted molar refractivity (Wildman–Crippen MR) is 40.2 cm³/mol. The summed E-state index contributed by atoms with van der Waals surface area (Å²) in [6, 6.07) is 0. The van der Waals surface area contributed by atoms with Crippen molar-refractivity contribution < 1.29 is 26.3 Å². The molecule has 1 rings (SSSR count). The number of allylic oxidation sites excluding steroid dienone is 1. The van der Waals surface area contributed by atoms with E-state index in [-0.39, 0.29) is 4.68 Å². The Morgan fingerprint density at radius 3 is 2.06 bits per heavy atom. The van der Waals surface area contributed by atoms with E-state index in [9.17, 15) is 26.3 Å². The molecule has 0 fully saturated rings. The van der Waals surface area contributed by atoms with E-state index in [1.165, 1.54) is 0 Å². The van der Waals surface area contributed by atoms with E-state index < -0.39 is 30.5 Å². The normalized spacial score (nSPS) is 12.9. The van der Waals surface area contributed by atoms with E-state index >= 15 is 0 Å². The number of alkyl halides is 6. The fourth-order valence-electron chi connectivity index (χ4n) is 0.921. The first kappa shape index (κ1) is 12.5. The summed E-state index contributed by atoms with van der Waals surface area (Å²) < 4.78 is 73.1. The topological polar surface area (TPSA) is 30.7 Å². The van der Waals surface area contributed by atoms with Gasteiger partial charge in [-0.05, 0) is 0 Å². The molecule has 0 saturated heterocycles. The molecule has 1 aromatic rings. The van der Waals surface area contributed by atoms with Crippen LogP contribution in [0.25, 0.3) is 0 Å². The van der Waals surface area contributed by atoms with Crippen molar-refractivity contribution in [2.24, 2.45) is 0 Å². The molecule has 1 aromatic heterocycles. The van der Waals surface area contributed by atoms with Gasteiger partial charge in [-0.15, -0.1) is 11.7 Å². The Morgan fingerprint density at radius 1 is 1.12 bits per heavy atom. The molecule has 16 heavy (non-hydrogen) atoms.